The second-order valence-electron chi connectivity index (χ2n) is 6.53. The quantitative estimate of drug-likeness (QED) is 0.818. The molecular weight excluding hydrogens is 371 g/mol. The van der Waals surface area contributed by atoms with Crippen molar-refractivity contribution < 1.29 is 9.59 Å². The van der Waals surface area contributed by atoms with Crippen molar-refractivity contribution in [1.29, 1.82) is 0 Å². The second kappa shape index (κ2) is 8.11. The lowest BCUT2D eigenvalue weighted by Crippen LogP contribution is -2.41. The van der Waals surface area contributed by atoms with Gasteiger partial charge in [-0.05, 0) is 61.7 Å². The van der Waals surface area contributed by atoms with Crippen molar-refractivity contribution in [3.05, 3.63) is 63.6 Å². The smallest absolute Gasteiger partial charge is 0.253 e. The second-order valence-corrected chi connectivity index (χ2v) is 7.40. The Balaban J connectivity index is 1.57. The van der Waals surface area contributed by atoms with E-state index in [1.54, 1.807) is 35.2 Å². The van der Waals surface area contributed by atoms with Gasteiger partial charge in [0, 0.05) is 40.3 Å². The molecule has 1 saturated heterocycles. The Hall–Kier alpha value is -2.04. The summed E-state index contributed by atoms with van der Waals surface area (Å²) in [7, 11) is 0. The topological polar surface area (TPSA) is 49.4 Å². The van der Waals surface area contributed by atoms with Crippen LogP contribution < -0.4 is 5.32 Å². The lowest BCUT2D eigenvalue weighted by Gasteiger charge is -2.31. The van der Waals surface area contributed by atoms with Gasteiger partial charge in [0.15, 0.2) is 0 Å². The minimum Gasteiger partial charge on any atom is -0.339 e. The van der Waals surface area contributed by atoms with E-state index in [9.17, 15) is 9.59 Å². The number of carbonyl (C=O) groups is 2. The lowest BCUT2D eigenvalue weighted by molar-refractivity contribution is -0.121. The predicted octanol–water partition coefficient (Wildman–Crippen LogP) is 4.79. The summed E-state index contributed by atoms with van der Waals surface area (Å²) < 4.78 is 0. The molecule has 4 nitrogen and oxygen atoms in total. The number of nitrogens with zero attached hydrogens (tertiary/aromatic N) is 1. The van der Waals surface area contributed by atoms with Crippen molar-refractivity contribution in [2.45, 2.75) is 19.8 Å². The molecule has 1 aliphatic rings. The largest absolute Gasteiger partial charge is 0.339 e. The average Bonchev–Trinajstić information content (AvgIpc) is 2.63. The number of halogens is 2. The summed E-state index contributed by atoms with van der Waals surface area (Å²) >= 11 is 11.9. The minimum atomic E-state index is -0.103. The van der Waals surface area contributed by atoms with Gasteiger partial charge in [0.25, 0.3) is 5.91 Å². The van der Waals surface area contributed by atoms with Crippen LogP contribution in [-0.2, 0) is 4.79 Å². The number of hydrogen-bond donors (Lipinski definition) is 1. The molecule has 0 radical (unpaired) electrons. The summed E-state index contributed by atoms with van der Waals surface area (Å²) in [6.45, 7) is 3.03. The van der Waals surface area contributed by atoms with Crippen molar-refractivity contribution in [1.82, 2.24) is 4.90 Å². The van der Waals surface area contributed by atoms with E-state index in [1.807, 2.05) is 19.1 Å². The Labute approximate surface area is 163 Å². The highest BCUT2D eigenvalue weighted by Gasteiger charge is 2.28. The number of hydrogen-bond acceptors (Lipinski definition) is 2. The highest BCUT2D eigenvalue weighted by atomic mass is 35.5. The SMILES string of the molecule is Cc1cc(Cl)ccc1NC(=O)C1CCN(C(=O)c2cccc(Cl)c2)CC1. The fraction of sp³-hybridized carbons (Fsp3) is 0.300. The lowest BCUT2D eigenvalue weighted by atomic mass is 9.95. The Bertz CT molecular complexity index is 830. The summed E-state index contributed by atoms with van der Waals surface area (Å²) in [5, 5.41) is 4.16. The third kappa shape index (κ3) is 4.37. The molecule has 0 unspecified atom stereocenters. The van der Waals surface area contributed by atoms with Crippen molar-refractivity contribution in [2.24, 2.45) is 5.92 Å². The van der Waals surface area contributed by atoms with Gasteiger partial charge < -0.3 is 10.2 Å². The Morgan fingerprint density at radius 1 is 1.04 bits per heavy atom. The molecule has 0 aliphatic carbocycles. The number of anilines is 1. The highest BCUT2D eigenvalue weighted by Crippen LogP contribution is 2.24. The van der Waals surface area contributed by atoms with Crippen LogP contribution >= 0.6 is 23.2 Å². The first kappa shape index (κ1) is 18.7. The molecule has 0 atom stereocenters. The molecule has 136 valence electrons. The summed E-state index contributed by atoms with van der Waals surface area (Å²) in [6.07, 6.45) is 1.29. The monoisotopic (exact) mass is 390 g/mol. The van der Waals surface area contributed by atoms with E-state index in [1.165, 1.54) is 0 Å². The zero-order valence-corrected chi connectivity index (χ0v) is 16.0. The molecule has 1 fully saturated rings. The van der Waals surface area contributed by atoms with Gasteiger partial charge in [-0.2, -0.15) is 0 Å². The third-order valence-corrected chi connectivity index (χ3v) is 5.14. The van der Waals surface area contributed by atoms with Crippen molar-refractivity contribution in [2.75, 3.05) is 18.4 Å². The Morgan fingerprint density at radius 2 is 1.73 bits per heavy atom. The molecule has 2 aromatic rings. The van der Waals surface area contributed by atoms with Crippen LogP contribution in [0, 0.1) is 12.8 Å². The molecule has 0 spiro atoms. The average molecular weight is 391 g/mol. The molecule has 3 rings (SSSR count). The van der Waals surface area contributed by atoms with Crippen LogP contribution in [0.3, 0.4) is 0 Å². The standard InChI is InChI=1S/C20H20Cl2N2O2/c1-13-11-17(22)5-6-18(13)23-19(25)14-7-9-24(10-8-14)20(26)15-3-2-4-16(21)12-15/h2-6,11-12,14H,7-10H2,1H3,(H,23,25). The molecule has 1 N–H and O–H groups in total. The van der Waals surface area contributed by atoms with Crippen LogP contribution in [0.25, 0.3) is 0 Å². The van der Waals surface area contributed by atoms with E-state index >= 15 is 0 Å². The van der Waals surface area contributed by atoms with Gasteiger partial charge in [-0.3, -0.25) is 9.59 Å². The van der Waals surface area contributed by atoms with E-state index < -0.39 is 0 Å². The molecule has 2 aromatic carbocycles. The van der Waals surface area contributed by atoms with Gasteiger partial charge in [0.05, 0.1) is 0 Å². The van der Waals surface area contributed by atoms with Gasteiger partial charge in [0.1, 0.15) is 0 Å². The molecule has 0 bridgehead atoms. The molecule has 1 heterocycles. The number of rotatable bonds is 3. The zero-order valence-electron chi connectivity index (χ0n) is 14.5. The van der Waals surface area contributed by atoms with Crippen molar-refractivity contribution in [3.8, 4) is 0 Å². The molecule has 2 amide bonds. The molecule has 26 heavy (non-hydrogen) atoms. The van der Waals surface area contributed by atoms with Crippen LogP contribution in [0.15, 0.2) is 42.5 Å². The number of amides is 2. The normalized spacial score (nSPS) is 15.0. The number of piperidine rings is 1. The van der Waals surface area contributed by atoms with Crippen LogP contribution in [-0.4, -0.2) is 29.8 Å². The number of likely N-dealkylation sites (tertiary alicyclic amines) is 1. The van der Waals surface area contributed by atoms with E-state index in [0.29, 0.717) is 41.5 Å². The van der Waals surface area contributed by atoms with E-state index in [4.69, 9.17) is 23.2 Å². The fourth-order valence-corrected chi connectivity index (χ4v) is 3.57. The maximum atomic E-state index is 12.6. The molecule has 1 aliphatic heterocycles. The minimum absolute atomic E-state index is 0.00900. The first-order chi connectivity index (χ1) is 12.4. The van der Waals surface area contributed by atoms with Gasteiger partial charge in [-0.15, -0.1) is 0 Å². The van der Waals surface area contributed by atoms with Crippen molar-refractivity contribution in [3.63, 3.8) is 0 Å². The summed E-state index contributed by atoms with van der Waals surface area (Å²) in [5.74, 6) is -0.154. The van der Waals surface area contributed by atoms with Crippen LogP contribution in [0.4, 0.5) is 5.69 Å². The first-order valence-corrected chi connectivity index (χ1v) is 9.31. The predicted molar refractivity (Wildman–Crippen MR) is 105 cm³/mol. The van der Waals surface area contributed by atoms with Gasteiger partial charge in [-0.25, -0.2) is 0 Å². The van der Waals surface area contributed by atoms with E-state index in [0.717, 1.165) is 11.3 Å². The Morgan fingerprint density at radius 3 is 2.38 bits per heavy atom. The maximum absolute atomic E-state index is 12.6. The summed E-state index contributed by atoms with van der Waals surface area (Å²) in [4.78, 5) is 26.9. The zero-order chi connectivity index (χ0) is 18.7. The highest BCUT2D eigenvalue weighted by molar-refractivity contribution is 6.31. The van der Waals surface area contributed by atoms with Gasteiger partial charge in [0.2, 0.25) is 5.91 Å². The van der Waals surface area contributed by atoms with Crippen LogP contribution in [0.1, 0.15) is 28.8 Å². The molecule has 0 aromatic heterocycles. The Kier molecular flexibility index (Phi) is 5.84. The van der Waals surface area contributed by atoms with Crippen LogP contribution in [0.5, 0.6) is 0 Å². The van der Waals surface area contributed by atoms with Gasteiger partial charge in [-0.1, -0.05) is 29.3 Å². The number of aryl methyl sites for hydroxylation is 1. The first-order valence-electron chi connectivity index (χ1n) is 8.56. The van der Waals surface area contributed by atoms with E-state index in [-0.39, 0.29) is 17.7 Å². The molecule has 6 heteroatoms. The fourth-order valence-electron chi connectivity index (χ4n) is 3.15. The van der Waals surface area contributed by atoms with Crippen LogP contribution in [0.2, 0.25) is 10.0 Å². The van der Waals surface area contributed by atoms with Gasteiger partial charge >= 0.3 is 0 Å². The third-order valence-electron chi connectivity index (χ3n) is 4.67. The summed E-state index contributed by atoms with van der Waals surface area (Å²) in [6, 6.07) is 12.3. The number of nitrogens with one attached hydrogen (secondary N) is 1. The summed E-state index contributed by atoms with van der Waals surface area (Å²) in [5.41, 5.74) is 2.29. The molecule has 0 saturated carbocycles. The maximum Gasteiger partial charge on any atom is 0.253 e. The van der Waals surface area contributed by atoms with Crippen molar-refractivity contribution >= 4 is 40.7 Å². The molecular formula is C20H20Cl2N2O2. The number of carbonyl (C=O) groups excluding carboxylic acids is 2. The number of benzene rings is 2. The van der Waals surface area contributed by atoms with E-state index in [2.05, 4.69) is 5.32 Å².